The molecule has 2 rings (SSSR count). The second kappa shape index (κ2) is 6.31. The molecule has 0 spiro atoms. The topological polar surface area (TPSA) is 35.2 Å². The fourth-order valence-electron chi connectivity index (χ4n) is 2.23. The number of rotatable bonds is 5. The number of benzene rings is 1. The number of hydrogen-bond donors (Lipinski definition) is 1. The summed E-state index contributed by atoms with van der Waals surface area (Å²) in [6.07, 6.45) is 1.30. The van der Waals surface area contributed by atoms with Crippen LogP contribution >= 0.6 is 11.8 Å². The van der Waals surface area contributed by atoms with Gasteiger partial charge in [-0.15, -0.1) is 0 Å². The van der Waals surface area contributed by atoms with E-state index in [1.807, 2.05) is 23.9 Å². The Hall–Kier alpha value is -0.670. The van der Waals surface area contributed by atoms with Gasteiger partial charge in [-0.1, -0.05) is 12.1 Å². The Kier molecular flexibility index (Phi) is 4.75. The zero-order chi connectivity index (χ0) is 12.1. The summed E-state index contributed by atoms with van der Waals surface area (Å²) >= 11 is 2.04. The molecule has 0 bridgehead atoms. The maximum absolute atomic E-state index is 5.86. The van der Waals surface area contributed by atoms with Gasteiger partial charge in [-0.3, -0.25) is 0 Å². The summed E-state index contributed by atoms with van der Waals surface area (Å²) in [6, 6.07) is 8.22. The van der Waals surface area contributed by atoms with Crippen LogP contribution in [0.1, 0.15) is 12.0 Å². The van der Waals surface area contributed by atoms with E-state index in [0.29, 0.717) is 5.92 Å². The standard InChI is InChI=1S/C14H21NOS/c1-11-3-2-4-14(7-11)16-9-13(8-15)12-5-6-17-10-12/h2-4,7,12-13H,5-6,8-10,15H2,1H3. The summed E-state index contributed by atoms with van der Waals surface area (Å²) in [5.41, 5.74) is 7.10. The number of thioether (sulfide) groups is 1. The van der Waals surface area contributed by atoms with Gasteiger partial charge in [-0.25, -0.2) is 0 Å². The van der Waals surface area contributed by atoms with Crippen molar-refractivity contribution >= 4 is 11.8 Å². The Balaban J connectivity index is 1.87. The molecular weight excluding hydrogens is 230 g/mol. The largest absolute Gasteiger partial charge is 0.493 e. The van der Waals surface area contributed by atoms with Crippen LogP contribution in [0.2, 0.25) is 0 Å². The van der Waals surface area contributed by atoms with Gasteiger partial charge in [-0.2, -0.15) is 11.8 Å². The highest BCUT2D eigenvalue weighted by Gasteiger charge is 2.24. The lowest BCUT2D eigenvalue weighted by atomic mass is 9.93. The van der Waals surface area contributed by atoms with E-state index in [1.54, 1.807) is 0 Å². The Morgan fingerprint density at radius 3 is 3.06 bits per heavy atom. The van der Waals surface area contributed by atoms with Crippen molar-refractivity contribution in [3.05, 3.63) is 29.8 Å². The third-order valence-electron chi connectivity index (χ3n) is 3.39. The summed E-state index contributed by atoms with van der Waals surface area (Å²) < 4.78 is 5.86. The monoisotopic (exact) mass is 251 g/mol. The molecule has 1 aliphatic rings. The van der Waals surface area contributed by atoms with Crippen LogP contribution in [0, 0.1) is 18.8 Å². The molecule has 2 nitrogen and oxygen atoms in total. The molecule has 1 aliphatic heterocycles. The second-order valence-electron chi connectivity index (χ2n) is 4.75. The van der Waals surface area contributed by atoms with Gasteiger partial charge in [0.15, 0.2) is 0 Å². The van der Waals surface area contributed by atoms with Crippen molar-refractivity contribution in [1.29, 1.82) is 0 Å². The predicted molar refractivity (Wildman–Crippen MR) is 74.7 cm³/mol. The molecule has 1 fully saturated rings. The first-order chi connectivity index (χ1) is 8.29. The molecule has 1 heterocycles. The zero-order valence-electron chi connectivity index (χ0n) is 10.4. The maximum atomic E-state index is 5.86. The van der Waals surface area contributed by atoms with Gasteiger partial charge in [0.05, 0.1) is 6.61 Å². The van der Waals surface area contributed by atoms with E-state index in [1.165, 1.54) is 23.5 Å². The smallest absolute Gasteiger partial charge is 0.119 e. The van der Waals surface area contributed by atoms with Crippen LogP contribution in [0.15, 0.2) is 24.3 Å². The van der Waals surface area contributed by atoms with Crippen LogP contribution in [0.3, 0.4) is 0 Å². The third kappa shape index (κ3) is 3.65. The average Bonchev–Trinajstić information content (AvgIpc) is 2.84. The van der Waals surface area contributed by atoms with Crippen LogP contribution in [0.5, 0.6) is 5.75 Å². The molecule has 0 aliphatic carbocycles. The minimum absolute atomic E-state index is 0.505. The zero-order valence-corrected chi connectivity index (χ0v) is 11.2. The van der Waals surface area contributed by atoms with Crippen molar-refractivity contribution in [1.82, 2.24) is 0 Å². The fraction of sp³-hybridized carbons (Fsp3) is 0.571. The summed E-state index contributed by atoms with van der Waals surface area (Å²) in [5.74, 6) is 4.75. The SMILES string of the molecule is Cc1cccc(OCC(CN)C2CCSC2)c1. The molecule has 2 atom stereocenters. The molecule has 0 amide bonds. The van der Waals surface area contributed by atoms with E-state index in [4.69, 9.17) is 10.5 Å². The minimum atomic E-state index is 0.505. The highest BCUT2D eigenvalue weighted by molar-refractivity contribution is 7.99. The molecular formula is C14H21NOS. The molecule has 94 valence electrons. The Bertz CT molecular complexity index is 350. The number of nitrogens with two attached hydrogens (primary N) is 1. The third-order valence-corrected chi connectivity index (χ3v) is 4.58. The van der Waals surface area contributed by atoms with Gasteiger partial charge >= 0.3 is 0 Å². The predicted octanol–water partition coefficient (Wildman–Crippen LogP) is 2.70. The van der Waals surface area contributed by atoms with Crippen molar-refractivity contribution in [3.8, 4) is 5.75 Å². The van der Waals surface area contributed by atoms with Gasteiger partial charge < -0.3 is 10.5 Å². The van der Waals surface area contributed by atoms with E-state index < -0.39 is 0 Å². The normalized spacial score (nSPS) is 21.4. The van der Waals surface area contributed by atoms with Crippen LogP contribution in [-0.4, -0.2) is 24.7 Å². The molecule has 1 aromatic rings. The van der Waals surface area contributed by atoms with Crippen LogP contribution in [0.25, 0.3) is 0 Å². The summed E-state index contributed by atoms with van der Waals surface area (Å²) in [5, 5.41) is 0. The molecule has 1 aromatic carbocycles. The summed E-state index contributed by atoms with van der Waals surface area (Å²) in [6.45, 7) is 3.57. The maximum Gasteiger partial charge on any atom is 0.119 e. The Morgan fingerprint density at radius 1 is 1.53 bits per heavy atom. The lowest BCUT2D eigenvalue weighted by Gasteiger charge is -2.21. The quantitative estimate of drug-likeness (QED) is 0.874. The lowest BCUT2D eigenvalue weighted by Crippen LogP contribution is -2.29. The van der Waals surface area contributed by atoms with Gasteiger partial charge in [0.25, 0.3) is 0 Å². The van der Waals surface area contributed by atoms with Crippen LogP contribution < -0.4 is 10.5 Å². The molecule has 0 saturated carbocycles. The Morgan fingerprint density at radius 2 is 2.41 bits per heavy atom. The molecule has 0 radical (unpaired) electrons. The first-order valence-corrected chi connectivity index (χ1v) is 7.42. The number of ether oxygens (including phenoxy) is 1. The minimum Gasteiger partial charge on any atom is -0.493 e. The molecule has 0 aromatic heterocycles. The molecule has 1 saturated heterocycles. The van der Waals surface area contributed by atoms with Gasteiger partial charge in [0.2, 0.25) is 0 Å². The van der Waals surface area contributed by atoms with Crippen molar-refractivity contribution in [3.63, 3.8) is 0 Å². The highest BCUT2D eigenvalue weighted by Crippen LogP contribution is 2.29. The molecule has 17 heavy (non-hydrogen) atoms. The number of hydrogen-bond acceptors (Lipinski definition) is 3. The lowest BCUT2D eigenvalue weighted by molar-refractivity contribution is 0.209. The fourth-order valence-corrected chi connectivity index (χ4v) is 3.61. The highest BCUT2D eigenvalue weighted by atomic mass is 32.2. The summed E-state index contributed by atoms with van der Waals surface area (Å²) in [7, 11) is 0. The second-order valence-corrected chi connectivity index (χ2v) is 5.90. The van der Waals surface area contributed by atoms with Crippen molar-refractivity contribution in [2.75, 3.05) is 24.7 Å². The summed E-state index contributed by atoms with van der Waals surface area (Å²) in [4.78, 5) is 0. The van der Waals surface area contributed by atoms with Crippen molar-refractivity contribution < 1.29 is 4.74 Å². The van der Waals surface area contributed by atoms with Crippen molar-refractivity contribution in [2.45, 2.75) is 13.3 Å². The number of aryl methyl sites for hydroxylation is 1. The van der Waals surface area contributed by atoms with E-state index in [0.717, 1.165) is 24.8 Å². The first kappa shape index (κ1) is 12.8. The molecule has 3 heteroatoms. The van der Waals surface area contributed by atoms with Crippen molar-refractivity contribution in [2.24, 2.45) is 17.6 Å². The van der Waals surface area contributed by atoms with E-state index in [-0.39, 0.29) is 0 Å². The van der Waals surface area contributed by atoms with E-state index >= 15 is 0 Å². The van der Waals surface area contributed by atoms with Gasteiger partial charge in [0, 0.05) is 5.92 Å². The molecule has 2 N–H and O–H groups in total. The average molecular weight is 251 g/mol. The van der Waals surface area contributed by atoms with Gasteiger partial charge in [-0.05, 0) is 55.0 Å². The van der Waals surface area contributed by atoms with Crippen LogP contribution in [0.4, 0.5) is 0 Å². The van der Waals surface area contributed by atoms with E-state index in [2.05, 4.69) is 19.1 Å². The Labute approximate surface area is 108 Å². The first-order valence-electron chi connectivity index (χ1n) is 6.27. The van der Waals surface area contributed by atoms with Crippen LogP contribution in [-0.2, 0) is 0 Å². The molecule has 2 unspecified atom stereocenters. The van der Waals surface area contributed by atoms with Gasteiger partial charge in [0.1, 0.15) is 5.75 Å². The van der Waals surface area contributed by atoms with E-state index in [9.17, 15) is 0 Å².